The second-order valence-electron chi connectivity index (χ2n) is 2.27. The second-order valence-corrected chi connectivity index (χ2v) is 3.91. The number of hydrogen-bond acceptors (Lipinski definition) is 2. The molecule has 0 amide bonds. The summed E-state index contributed by atoms with van der Waals surface area (Å²) in [5.74, 6) is 0.488. The van der Waals surface area contributed by atoms with Gasteiger partial charge in [-0.25, -0.2) is 8.42 Å². The molecule has 0 aliphatic heterocycles. The highest BCUT2D eigenvalue weighted by Crippen LogP contribution is 1.89. The lowest BCUT2D eigenvalue weighted by atomic mass is 10.6. The van der Waals surface area contributed by atoms with Gasteiger partial charge in [-0.3, -0.25) is 0 Å². The molecule has 0 bridgehead atoms. The minimum atomic E-state index is -3.22. The van der Waals surface area contributed by atoms with Gasteiger partial charge in [-0.15, -0.1) is 0 Å². The predicted molar refractivity (Wildman–Crippen MR) is 41.6 cm³/mol. The molecule has 0 radical (unpaired) electrons. The normalized spacial score (nSPS) is 13.4. The summed E-state index contributed by atoms with van der Waals surface area (Å²) >= 11 is 0. The molecule has 0 N–H and O–H groups in total. The molecule has 60 valence electrons. The Morgan fingerprint density at radius 2 is 1.80 bits per heavy atom. The second kappa shape index (κ2) is 3.01. The van der Waals surface area contributed by atoms with E-state index in [0.29, 0.717) is 5.84 Å². The van der Waals surface area contributed by atoms with Gasteiger partial charge in [0.15, 0.2) is 0 Å². The van der Waals surface area contributed by atoms with E-state index in [0.717, 1.165) is 6.26 Å². The zero-order valence-corrected chi connectivity index (χ0v) is 7.44. The summed E-state index contributed by atoms with van der Waals surface area (Å²) < 4.78 is 24.5. The van der Waals surface area contributed by atoms with Gasteiger partial charge >= 0.3 is 0 Å². The van der Waals surface area contributed by atoms with Crippen molar-refractivity contribution in [3.8, 4) is 0 Å². The Morgan fingerprint density at radius 3 is 1.90 bits per heavy atom. The largest absolute Gasteiger partial charge is 0.366 e. The SMILES string of the molecule is C/C(=N/S(C)(=O)=O)N(C)C. The van der Waals surface area contributed by atoms with Crippen molar-refractivity contribution in [1.82, 2.24) is 4.90 Å². The van der Waals surface area contributed by atoms with Crippen LogP contribution in [-0.4, -0.2) is 39.5 Å². The van der Waals surface area contributed by atoms with Crippen LogP contribution in [0.1, 0.15) is 6.92 Å². The van der Waals surface area contributed by atoms with E-state index in [1.807, 2.05) is 0 Å². The smallest absolute Gasteiger partial charge is 0.251 e. The fraction of sp³-hybridized carbons (Fsp3) is 0.800. The summed E-state index contributed by atoms with van der Waals surface area (Å²) in [6, 6.07) is 0. The van der Waals surface area contributed by atoms with E-state index in [-0.39, 0.29) is 0 Å². The summed E-state index contributed by atoms with van der Waals surface area (Å²) in [7, 11) is 0.258. The highest BCUT2D eigenvalue weighted by Gasteiger charge is 1.99. The maximum absolute atomic E-state index is 10.5. The lowest BCUT2D eigenvalue weighted by Crippen LogP contribution is -2.19. The first-order chi connectivity index (χ1) is 4.33. The Morgan fingerprint density at radius 1 is 1.40 bits per heavy atom. The summed E-state index contributed by atoms with van der Waals surface area (Å²) in [6.07, 6.45) is 1.07. The molecular formula is C5H12N2O2S. The Labute approximate surface area is 61.6 Å². The van der Waals surface area contributed by atoms with Crippen molar-refractivity contribution in [3.05, 3.63) is 0 Å². The minimum absolute atomic E-state index is 0.488. The number of sulfonamides is 1. The molecule has 0 aromatic heterocycles. The van der Waals surface area contributed by atoms with E-state index in [1.165, 1.54) is 0 Å². The summed E-state index contributed by atoms with van der Waals surface area (Å²) in [5.41, 5.74) is 0. The molecule has 0 saturated heterocycles. The van der Waals surface area contributed by atoms with Crippen LogP contribution in [0.15, 0.2) is 4.40 Å². The predicted octanol–water partition coefficient (Wildman–Crippen LogP) is -0.0740. The van der Waals surface area contributed by atoms with Crippen LogP contribution >= 0.6 is 0 Å². The quantitative estimate of drug-likeness (QED) is 0.402. The fourth-order valence-electron chi connectivity index (χ4n) is 0.322. The van der Waals surface area contributed by atoms with Gasteiger partial charge in [0, 0.05) is 14.1 Å². The maximum Gasteiger partial charge on any atom is 0.251 e. The summed E-state index contributed by atoms with van der Waals surface area (Å²) in [6.45, 7) is 1.64. The van der Waals surface area contributed by atoms with Gasteiger partial charge in [0.1, 0.15) is 5.84 Å². The monoisotopic (exact) mass is 164 g/mol. The third-order valence-corrected chi connectivity index (χ3v) is 1.54. The van der Waals surface area contributed by atoms with E-state index in [1.54, 1.807) is 25.9 Å². The molecular weight excluding hydrogens is 152 g/mol. The molecule has 0 unspecified atom stereocenters. The van der Waals surface area contributed by atoms with Crippen LogP contribution in [0.2, 0.25) is 0 Å². The molecule has 5 heteroatoms. The van der Waals surface area contributed by atoms with E-state index < -0.39 is 10.0 Å². The van der Waals surface area contributed by atoms with Crippen molar-refractivity contribution in [3.63, 3.8) is 0 Å². The van der Waals surface area contributed by atoms with Crippen LogP contribution in [0.3, 0.4) is 0 Å². The average Bonchev–Trinajstić information content (AvgIpc) is 1.60. The molecule has 0 spiro atoms. The lowest BCUT2D eigenvalue weighted by Gasteiger charge is -2.09. The highest BCUT2D eigenvalue weighted by atomic mass is 32.2. The van der Waals surface area contributed by atoms with Crippen molar-refractivity contribution < 1.29 is 8.42 Å². The van der Waals surface area contributed by atoms with Crippen molar-refractivity contribution in [1.29, 1.82) is 0 Å². The number of nitrogens with zero attached hydrogens (tertiary/aromatic N) is 2. The van der Waals surface area contributed by atoms with Crippen LogP contribution in [0.4, 0.5) is 0 Å². The standard InChI is InChI=1S/C5H12N2O2S/c1-5(7(2)3)6-10(4,8)9/h1-4H3/b6-5-. The Hall–Kier alpha value is -0.580. The van der Waals surface area contributed by atoms with Crippen LogP contribution in [0.5, 0.6) is 0 Å². The Bertz CT molecular complexity index is 228. The molecule has 4 nitrogen and oxygen atoms in total. The summed E-state index contributed by atoms with van der Waals surface area (Å²) in [4.78, 5) is 1.64. The van der Waals surface area contributed by atoms with Crippen LogP contribution in [-0.2, 0) is 10.0 Å². The topological polar surface area (TPSA) is 49.7 Å². The molecule has 0 atom stereocenters. The third-order valence-electron chi connectivity index (χ3n) is 0.945. The molecule has 10 heavy (non-hydrogen) atoms. The third kappa shape index (κ3) is 4.31. The maximum atomic E-state index is 10.5. The van der Waals surface area contributed by atoms with Gasteiger partial charge in [-0.1, -0.05) is 0 Å². The van der Waals surface area contributed by atoms with Gasteiger partial charge in [0.05, 0.1) is 6.26 Å². The molecule has 0 aromatic rings. The van der Waals surface area contributed by atoms with Crippen molar-refractivity contribution in [2.75, 3.05) is 20.4 Å². The molecule has 0 fully saturated rings. The molecule has 0 aromatic carbocycles. The first-order valence-corrected chi connectivity index (χ1v) is 4.61. The molecule has 0 aliphatic rings. The fourth-order valence-corrected chi connectivity index (χ4v) is 0.965. The molecule has 0 rings (SSSR count). The zero-order chi connectivity index (χ0) is 8.36. The van der Waals surface area contributed by atoms with Gasteiger partial charge in [0.25, 0.3) is 10.0 Å². The zero-order valence-electron chi connectivity index (χ0n) is 6.62. The van der Waals surface area contributed by atoms with Gasteiger partial charge < -0.3 is 4.90 Å². The van der Waals surface area contributed by atoms with Crippen molar-refractivity contribution >= 4 is 15.9 Å². The Kier molecular flexibility index (Phi) is 2.83. The van der Waals surface area contributed by atoms with E-state index in [2.05, 4.69) is 4.40 Å². The van der Waals surface area contributed by atoms with E-state index >= 15 is 0 Å². The number of rotatable bonds is 1. The van der Waals surface area contributed by atoms with E-state index in [9.17, 15) is 8.42 Å². The lowest BCUT2D eigenvalue weighted by molar-refractivity contribution is 0.595. The molecule has 0 heterocycles. The van der Waals surface area contributed by atoms with Crippen molar-refractivity contribution in [2.24, 2.45) is 4.40 Å². The van der Waals surface area contributed by atoms with Crippen LogP contribution in [0.25, 0.3) is 0 Å². The van der Waals surface area contributed by atoms with Gasteiger partial charge in [-0.2, -0.15) is 4.40 Å². The number of amidine groups is 1. The van der Waals surface area contributed by atoms with Crippen molar-refractivity contribution in [2.45, 2.75) is 6.92 Å². The van der Waals surface area contributed by atoms with Gasteiger partial charge in [-0.05, 0) is 6.92 Å². The van der Waals surface area contributed by atoms with E-state index in [4.69, 9.17) is 0 Å². The molecule has 0 aliphatic carbocycles. The van der Waals surface area contributed by atoms with Crippen LogP contribution in [0, 0.1) is 0 Å². The van der Waals surface area contributed by atoms with Gasteiger partial charge in [0.2, 0.25) is 0 Å². The average molecular weight is 164 g/mol. The summed E-state index contributed by atoms with van der Waals surface area (Å²) in [5, 5.41) is 0. The Balaban J connectivity index is 4.49. The number of hydrogen-bond donors (Lipinski definition) is 0. The highest BCUT2D eigenvalue weighted by molar-refractivity contribution is 7.89. The first-order valence-electron chi connectivity index (χ1n) is 2.77. The molecule has 0 saturated carbocycles. The first kappa shape index (κ1) is 9.42. The van der Waals surface area contributed by atoms with Crippen LogP contribution < -0.4 is 0 Å². The minimum Gasteiger partial charge on any atom is -0.366 e.